The zero-order chi connectivity index (χ0) is 15.6. The fourth-order valence-electron chi connectivity index (χ4n) is 2.58. The van der Waals surface area contributed by atoms with Gasteiger partial charge in [0.15, 0.2) is 0 Å². The lowest BCUT2D eigenvalue weighted by atomic mass is 10.0. The van der Waals surface area contributed by atoms with Gasteiger partial charge in [-0.2, -0.15) is 0 Å². The zero-order valence-corrected chi connectivity index (χ0v) is 13.9. The van der Waals surface area contributed by atoms with Gasteiger partial charge in [-0.1, -0.05) is 38.1 Å². The van der Waals surface area contributed by atoms with Gasteiger partial charge in [0.1, 0.15) is 6.17 Å². The first-order valence-corrected chi connectivity index (χ1v) is 9.09. The van der Waals surface area contributed by atoms with Crippen LogP contribution in [0.5, 0.6) is 0 Å². The van der Waals surface area contributed by atoms with Crippen LogP contribution < -0.4 is 5.32 Å². The summed E-state index contributed by atoms with van der Waals surface area (Å²) in [6, 6.07) is 8.20. The minimum atomic E-state index is -0.891. The van der Waals surface area contributed by atoms with Crippen molar-refractivity contribution < 1.29 is 9.00 Å². The summed E-state index contributed by atoms with van der Waals surface area (Å²) >= 11 is 0. The van der Waals surface area contributed by atoms with Gasteiger partial charge in [-0.3, -0.25) is 14.3 Å². The first-order chi connectivity index (χ1) is 9.90. The molecular weight excluding hydrogens is 284 g/mol. The zero-order valence-electron chi connectivity index (χ0n) is 13.1. The lowest BCUT2D eigenvalue weighted by Gasteiger charge is -2.24. The van der Waals surface area contributed by atoms with Crippen molar-refractivity contribution in [3.05, 3.63) is 35.4 Å². The van der Waals surface area contributed by atoms with E-state index < -0.39 is 10.8 Å². The van der Waals surface area contributed by atoms with Gasteiger partial charge in [0.25, 0.3) is 0 Å². The van der Waals surface area contributed by atoms with Crippen LogP contribution in [0.15, 0.2) is 24.3 Å². The summed E-state index contributed by atoms with van der Waals surface area (Å²) in [7, 11) is -0.891. The Kier molecular flexibility index (Phi) is 5.17. The molecule has 0 spiro atoms. The van der Waals surface area contributed by atoms with Crippen molar-refractivity contribution in [3.8, 4) is 0 Å². The summed E-state index contributed by atoms with van der Waals surface area (Å²) in [4.78, 5) is 14.0. The Morgan fingerprint density at radius 1 is 1.29 bits per heavy atom. The van der Waals surface area contributed by atoms with E-state index in [-0.39, 0.29) is 18.1 Å². The molecule has 1 N–H and O–H groups in total. The van der Waals surface area contributed by atoms with Crippen LogP contribution >= 0.6 is 0 Å². The molecule has 1 saturated heterocycles. The van der Waals surface area contributed by atoms with E-state index in [9.17, 15) is 9.00 Å². The van der Waals surface area contributed by atoms with Gasteiger partial charge < -0.3 is 4.90 Å². The Morgan fingerprint density at radius 3 is 2.43 bits per heavy atom. The van der Waals surface area contributed by atoms with Crippen LogP contribution in [0.1, 0.15) is 44.0 Å². The maximum atomic E-state index is 12.2. The normalized spacial score (nSPS) is 23.9. The van der Waals surface area contributed by atoms with Gasteiger partial charge in [0.2, 0.25) is 5.91 Å². The molecule has 1 heterocycles. The smallest absolute Gasteiger partial charge is 0.241 e. The van der Waals surface area contributed by atoms with Crippen molar-refractivity contribution in [2.45, 2.75) is 38.9 Å². The van der Waals surface area contributed by atoms with E-state index >= 15 is 0 Å². The lowest BCUT2D eigenvalue weighted by molar-refractivity contribution is -0.129. The molecule has 1 fully saturated rings. The molecule has 116 valence electrons. The van der Waals surface area contributed by atoms with Crippen LogP contribution in [0.2, 0.25) is 0 Å². The number of hydrogen-bond acceptors (Lipinski definition) is 3. The third-order valence-electron chi connectivity index (χ3n) is 3.91. The van der Waals surface area contributed by atoms with Gasteiger partial charge in [0.05, 0.1) is 6.04 Å². The summed E-state index contributed by atoms with van der Waals surface area (Å²) in [5.41, 5.74) is 2.37. The molecule has 5 heteroatoms. The van der Waals surface area contributed by atoms with Gasteiger partial charge in [-0.25, -0.2) is 0 Å². The molecule has 0 aromatic heterocycles. The van der Waals surface area contributed by atoms with E-state index in [4.69, 9.17) is 0 Å². The average Bonchev–Trinajstić information content (AvgIpc) is 2.72. The van der Waals surface area contributed by atoms with Crippen LogP contribution in [0.3, 0.4) is 0 Å². The number of carbonyl (C=O) groups excluding carboxylic acids is 1. The summed E-state index contributed by atoms with van der Waals surface area (Å²) in [6.45, 7) is 6.73. The highest BCUT2D eigenvalue weighted by molar-refractivity contribution is 7.84. The second-order valence-corrected chi connectivity index (χ2v) is 7.48. The number of benzene rings is 1. The highest BCUT2D eigenvalue weighted by Gasteiger charge is 2.36. The summed E-state index contributed by atoms with van der Waals surface area (Å²) in [6.07, 6.45) is 1.56. The lowest BCUT2D eigenvalue weighted by Crippen LogP contribution is -2.33. The molecule has 0 bridgehead atoms. The van der Waals surface area contributed by atoms with Gasteiger partial charge in [0, 0.05) is 29.4 Å². The predicted molar refractivity (Wildman–Crippen MR) is 86.5 cm³/mol. The second-order valence-electron chi connectivity index (χ2n) is 5.92. The fraction of sp³-hybridized carbons (Fsp3) is 0.562. The van der Waals surface area contributed by atoms with Crippen LogP contribution in [-0.2, 0) is 15.6 Å². The van der Waals surface area contributed by atoms with Crippen molar-refractivity contribution in [2.24, 2.45) is 0 Å². The number of hydrogen-bond donors (Lipinski definition) is 1. The first kappa shape index (κ1) is 16.2. The van der Waals surface area contributed by atoms with E-state index in [2.05, 4.69) is 43.4 Å². The molecule has 1 aliphatic heterocycles. The van der Waals surface area contributed by atoms with Crippen molar-refractivity contribution in [2.75, 3.05) is 18.6 Å². The van der Waals surface area contributed by atoms with Crippen LogP contribution in [-0.4, -0.2) is 39.6 Å². The van der Waals surface area contributed by atoms with E-state index in [1.807, 2.05) is 6.92 Å². The quantitative estimate of drug-likeness (QED) is 0.905. The first-order valence-electron chi connectivity index (χ1n) is 7.36. The molecule has 3 unspecified atom stereocenters. The number of nitrogens with one attached hydrogen (secondary N) is 1. The topological polar surface area (TPSA) is 49.4 Å². The van der Waals surface area contributed by atoms with E-state index in [0.29, 0.717) is 18.2 Å². The predicted octanol–water partition coefficient (Wildman–Crippen LogP) is 2.01. The second kappa shape index (κ2) is 6.71. The summed E-state index contributed by atoms with van der Waals surface area (Å²) in [5, 5.41) is 3.32. The number of carbonyl (C=O) groups is 1. The van der Waals surface area contributed by atoms with Gasteiger partial charge in [-0.15, -0.1) is 0 Å². The molecule has 1 aromatic rings. The van der Waals surface area contributed by atoms with Crippen molar-refractivity contribution >= 4 is 16.7 Å². The van der Waals surface area contributed by atoms with Crippen LogP contribution in [0, 0.1) is 0 Å². The maximum absolute atomic E-state index is 12.2. The Morgan fingerprint density at radius 2 is 1.90 bits per heavy atom. The molecular formula is C16H24N2O2S. The minimum Gasteiger partial charge on any atom is -0.321 e. The molecule has 0 aliphatic carbocycles. The molecule has 21 heavy (non-hydrogen) atoms. The van der Waals surface area contributed by atoms with Gasteiger partial charge >= 0.3 is 0 Å². The molecule has 4 nitrogen and oxygen atoms in total. The standard InChI is InChI=1S/C16H24N2O2S/c1-11(2)13-5-7-14(8-6-13)15-17-12(3)16(19)18(15)9-10-21(4)20/h5-8,11-12,15,17H,9-10H2,1-4H3. The molecule has 0 radical (unpaired) electrons. The third-order valence-corrected chi connectivity index (χ3v) is 4.67. The van der Waals surface area contributed by atoms with E-state index in [1.54, 1.807) is 11.2 Å². The molecule has 1 aromatic carbocycles. The summed E-state index contributed by atoms with van der Waals surface area (Å²) < 4.78 is 11.3. The van der Waals surface area contributed by atoms with Crippen molar-refractivity contribution in [1.29, 1.82) is 0 Å². The Hall–Kier alpha value is -1.20. The third kappa shape index (κ3) is 3.71. The number of rotatable bonds is 5. The Labute approximate surface area is 129 Å². The summed E-state index contributed by atoms with van der Waals surface area (Å²) in [5.74, 6) is 1.09. The highest BCUT2D eigenvalue weighted by Crippen LogP contribution is 2.26. The van der Waals surface area contributed by atoms with Crippen LogP contribution in [0.4, 0.5) is 0 Å². The monoisotopic (exact) mass is 308 g/mol. The molecule has 3 atom stereocenters. The maximum Gasteiger partial charge on any atom is 0.241 e. The van der Waals surface area contributed by atoms with E-state index in [0.717, 1.165) is 5.56 Å². The molecule has 1 aliphatic rings. The minimum absolute atomic E-state index is 0.0818. The average molecular weight is 308 g/mol. The Bertz CT molecular complexity index is 528. The van der Waals surface area contributed by atoms with Gasteiger partial charge in [-0.05, 0) is 24.0 Å². The molecule has 2 rings (SSSR count). The molecule has 1 amide bonds. The van der Waals surface area contributed by atoms with Crippen molar-refractivity contribution in [1.82, 2.24) is 10.2 Å². The number of amides is 1. The SMILES string of the molecule is CC1NC(c2ccc(C(C)C)cc2)N(CCS(C)=O)C1=O. The molecule has 0 saturated carbocycles. The largest absolute Gasteiger partial charge is 0.321 e. The van der Waals surface area contributed by atoms with E-state index in [1.165, 1.54) is 5.56 Å². The fourth-order valence-corrected chi connectivity index (χ4v) is 3.03. The van der Waals surface area contributed by atoms with Crippen LogP contribution in [0.25, 0.3) is 0 Å². The Balaban J connectivity index is 2.19. The number of nitrogens with zero attached hydrogens (tertiary/aromatic N) is 1. The van der Waals surface area contributed by atoms with Crippen molar-refractivity contribution in [3.63, 3.8) is 0 Å². The highest BCUT2D eigenvalue weighted by atomic mass is 32.2.